The van der Waals surface area contributed by atoms with Gasteiger partial charge in [-0.2, -0.15) is 11.8 Å². The van der Waals surface area contributed by atoms with Gasteiger partial charge in [-0.25, -0.2) is 8.42 Å². The highest BCUT2D eigenvalue weighted by Crippen LogP contribution is 2.26. The van der Waals surface area contributed by atoms with Crippen LogP contribution in [0.2, 0.25) is 0 Å². The van der Waals surface area contributed by atoms with Gasteiger partial charge in [0.25, 0.3) is 10.0 Å². The second-order valence-electron chi connectivity index (χ2n) is 7.86. The lowest BCUT2D eigenvalue weighted by Crippen LogP contribution is -2.41. The third-order valence-corrected chi connectivity index (χ3v) is 8.03. The number of aryl methyl sites for hydroxylation is 2. The van der Waals surface area contributed by atoms with Crippen LogP contribution in [0.4, 0.5) is 5.69 Å². The standard InChI is InChI=1S/C26H30N2O3S2/c1-21-10-8-12-23(18-21)20-32-17-9-16-27-26(29)19-28(25-15-7-6-11-22(25)2)33(30,31)24-13-4-3-5-14-24/h3-8,10-15,18H,9,16-17,19-20H2,1-2H3,(H,27,29). The number of rotatable bonds is 11. The predicted molar refractivity (Wildman–Crippen MR) is 137 cm³/mol. The van der Waals surface area contributed by atoms with Crippen molar-refractivity contribution in [3.8, 4) is 0 Å². The Labute approximate surface area is 201 Å². The summed E-state index contributed by atoms with van der Waals surface area (Å²) in [5.74, 6) is 1.53. The van der Waals surface area contributed by atoms with Crippen molar-refractivity contribution in [3.63, 3.8) is 0 Å². The lowest BCUT2D eigenvalue weighted by Gasteiger charge is -2.25. The first-order valence-electron chi connectivity index (χ1n) is 10.9. The van der Waals surface area contributed by atoms with E-state index in [0.717, 1.165) is 23.5 Å². The predicted octanol–water partition coefficient (Wildman–Crippen LogP) is 4.94. The quantitative estimate of drug-likeness (QED) is 0.393. The summed E-state index contributed by atoms with van der Waals surface area (Å²) in [7, 11) is -3.88. The van der Waals surface area contributed by atoms with E-state index < -0.39 is 10.0 Å². The van der Waals surface area contributed by atoms with Gasteiger partial charge in [-0.15, -0.1) is 0 Å². The van der Waals surface area contributed by atoms with Crippen LogP contribution in [0.3, 0.4) is 0 Å². The summed E-state index contributed by atoms with van der Waals surface area (Å²) in [5, 5.41) is 2.88. The third kappa shape index (κ3) is 7.11. The number of carbonyl (C=O) groups excluding carboxylic acids is 1. The molecule has 3 aromatic carbocycles. The summed E-state index contributed by atoms with van der Waals surface area (Å²) in [6.45, 7) is 4.17. The van der Waals surface area contributed by atoms with E-state index in [2.05, 4.69) is 36.5 Å². The summed E-state index contributed by atoms with van der Waals surface area (Å²) in [5.41, 5.74) is 3.84. The number of benzene rings is 3. The van der Waals surface area contributed by atoms with Crippen molar-refractivity contribution in [2.75, 3.05) is 23.1 Å². The van der Waals surface area contributed by atoms with Crippen LogP contribution in [0.15, 0.2) is 83.8 Å². The molecule has 0 saturated carbocycles. The van der Waals surface area contributed by atoms with Crippen molar-refractivity contribution in [1.82, 2.24) is 5.32 Å². The average molecular weight is 483 g/mol. The fourth-order valence-corrected chi connectivity index (χ4v) is 5.86. The third-order valence-electron chi connectivity index (χ3n) is 5.14. The highest BCUT2D eigenvalue weighted by molar-refractivity contribution is 7.98. The van der Waals surface area contributed by atoms with Crippen LogP contribution >= 0.6 is 11.8 Å². The van der Waals surface area contributed by atoms with E-state index in [1.807, 2.05) is 30.8 Å². The van der Waals surface area contributed by atoms with Gasteiger partial charge in [-0.3, -0.25) is 9.10 Å². The van der Waals surface area contributed by atoms with Gasteiger partial charge in [-0.05, 0) is 55.3 Å². The molecule has 0 aromatic heterocycles. The Kier molecular flexibility index (Phi) is 8.97. The van der Waals surface area contributed by atoms with Crippen molar-refractivity contribution in [2.45, 2.75) is 30.9 Å². The fraction of sp³-hybridized carbons (Fsp3) is 0.269. The minimum absolute atomic E-state index is 0.161. The second kappa shape index (κ2) is 11.9. The summed E-state index contributed by atoms with van der Waals surface area (Å²) in [4.78, 5) is 12.8. The van der Waals surface area contributed by atoms with Crippen molar-refractivity contribution in [2.24, 2.45) is 0 Å². The minimum atomic E-state index is -3.88. The highest BCUT2D eigenvalue weighted by atomic mass is 32.2. The van der Waals surface area contributed by atoms with Crippen LogP contribution in [0.5, 0.6) is 0 Å². The van der Waals surface area contributed by atoms with E-state index in [9.17, 15) is 13.2 Å². The van der Waals surface area contributed by atoms with E-state index in [1.165, 1.54) is 15.4 Å². The SMILES string of the molecule is Cc1cccc(CSCCCNC(=O)CN(c2ccccc2C)S(=O)(=O)c2ccccc2)c1. The zero-order valence-corrected chi connectivity index (χ0v) is 20.7. The van der Waals surface area contributed by atoms with Gasteiger partial charge in [0.1, 0.15) is 6.54 Å². The number of hydrogen-bond donors (Lipinski definition) is 1. The molecule has 0 aliphatic rings. The molecule has 0 fully saturated rings. The zero-order valence-electron chi connectivity index (χ0n) is 19.0. The molecule has 0 heterocycles. The minimum Gasteiger partial charge on any atom is -0.354 e. The molecule has 7 heteroatoms. The summed E-state index contributed by atoms with van der Waals surface area (Å²) in [6.07, 6.45) is 0.817. The Morgan fingerprint density at radius 1 is 0.939 bits per heavy atom. The molecule has 0 saturated heterocycles. The molecule has 174 valence electrons. The van der Waals surface area contributed by atoms with E-state index in [4.69, 9.17) is 0 Å². The summed E-state index contributed by atoms with van der Waals surface area (Å²) in [6, 6.07) is 23.9. The number of hydrogen-bond acceptors (Lipinski definition) is 4. The molecule has 0 unspecified atom stereocenters. The lowest BCUT2D eigenvalue weighted by atomic mass is 10.2. The Morgan fingerprint density at radius 3 is 2.39 bits per heavy atom. The molecular formula is C26H30N2O3S2. The maximum Gasteiger partial charge on any atom is 0.264 e. The Bertz CT molecular complexity index is 1160. The maximum absolute atomic E-state index is 13.3. The van der Waals surface area contributed by atoms with Gasteiger partial charge in [0.15, 0.2) is 0 Å². The normalized spacial score (nSPS) is 11.2. The van der Waals surface area contributed by atoms with Crippen LogP contribution in [0.25, 0.3) is 0 Å². The first-order chi connectivity index (χ1) is 15.9. The monoisotopic (exact) mass is 482 g/mol. The van der Waals surface area contributed by atoms with Gasteiger partial charge < -0.3 is 5.32 Å². The fourth-order valence-electron chi connectivity index (χ4n) is 3.44. The molecular weight excluding hydrogens is 452 g/mol. The molecule has 1 amide bonds. The highest BCUT2D eigenvalue weighted by Gasteiger charge is 2.27. The van der Waals surface area contributed by atoms with E-state index >= 15 is 0 Å². The number of nitrogens with one attached hydrogen (secondary N) is 1. The Hall–Kier alpha value is -2.77. The second-order valence-corrected chi connectivity index (χ2v) is 10.8. The van der Waals surface area contributed by atoms with Crippen molar-refractivity contribution < 1.29 is 13.2 Å². The number of para-hydroxylation sites is 1. The van der Waals surface area contributed by atoms with E-state index in [1.54, 1.807) is 42.5 Å². The van der Waals surface area contributed by atoms with Gasteiger partial charge in [0, 0.05) is 12.3 Å². The van der Waals surface area contributed by atoms with Crippen LogP contribution in [-0.4, -0.2) is 33.2 Å². The molecule has 0 spiro atoms. The van der Waals surface area contributed by atoms with Gasteiger partial charge >= 0.3 is 0 Å². The molecule has 1 N–H and O–H groups in total. The number of amides is 1. The number of carbonyl (C=O) groups is 1. The summed E-state index contributed by atoms with van der Waals surface area (Å²) < 4.78 is 27.9. The number of anilines is 1. The van der Waals surface area contributed by atoms with Gasteiger partial charge in [-0.1, -0.05) is 66.2 Å². The molecule has 0 bridgehead atoms. The van der Waals surface area contributed by atoms with Crippen LogP contribution in [0.1, 0.15) is 23.1 Å². The average Bonchev–Trinajstić information content (AvgIpc) is 2.81. The summed E-state index contributed by atoms with van der Waals surface area (Å²) >= 11 is 1.82. The maximum atomic E-state index is 13.3. The van der Waals surface area contributed by atoms with Crippen LogP contribution < -0.4 is 9.62 Å². The first-order valence-corrected chi connectivity index (χ1v) is 13.5. The number of sulfonamides is 1. The molecule has 0 aliphatic carbocycles. The first kappa shape index (κ1) is 24.9. The zero-order chi connectivity index (χ0) is 23.7. The Morgan fingerprint density at radius 2 is 1.67 bits per heavy atom. The van der Waals surface area contributed by atoms with Crippen LogP contribution in [-0.2, 0) is 20.6 Å². The van der Waals surface area contributed by atoms with E-state index in [0.29, 0.717) is 12.2 Å². The van der Waals surface area contributed by atoms with Crippen molar-refractivity contribution >= 4 is 33.4 Å². The molecule has 5 nitrogen and oxygen atoms in total. The molecule has 0 radical (unpaired) electrons. The molecule has 3 rings (SSSR count). The number of nitrogens with zero attached hydrogens (tertiary/aromatic N) is 1. The Balaban J connectivity index is 1.57. The van der Waals surface area contributed by atoms with Gasteiger partial charge in [0.2, 0.25) is 5.91 Å². The molecule has 0 aliphatic heterocycles. The smallest absolute Gasteiger partial charge is 0.264 e. The van der Waals surface area contributed by atoms with Gasteiger partial charge in [0.05, 0.1) is 10.6 Å². The van der Waals surface area contributed by atoms with E-state index in [-0.39, 0.29) is 17.3 Å². The molecule has 0 atom stereocenters. The van der Waals surface area contributed by atoms with Crippen molar-refractivity contribution in [1.29, 1.82) is 0 Å². The molecule has 33 heavy (non-hydrogen) atoms. The lowest BCUT2D eigenvalue weighted by molar-refractivity contribution is -0.119. The topological polar surface area (TPSA) is 66.5 Å². The van der Waals surface area contributed by atoms with Crippen LogP contribution in [0, 0.1) is 13.8 Å². The number of thioether (sulfide) groups is 1. The molecule has 3 aromatic rings. The largest absolute Gasteiger partial charge is 0.354 e. The van der Waals surface area contributed by atoms with Crippen molar-refractivity contribution in [3.05, 3.63) is 95.6 Å².